The number of aromatic amines is 2. The maximum atomic E-state index is 14.8. The van der Waals surface area contributed by atoms with Crippen molar-refractivity contribution in [1.82, 2.24) is 20.2 Å². The van der Waals surface area contributed by atoms with Crippen molar-refractivity contribution in [3.05, 3.63) is 87.8 Å². The Balaban J connectivity index is 1.51. The van der Waals surface area contributed by atoms with Gasteiger partial charge in [-0.15, -0.1) is 0 Å². The number of H-pyrrole nitrogens is 2. The van der Waals surface area contributed by atoms with Gasteiger partial charge in [0, 0.05) is 17.4 Å². The number of hydrogen-bond acceptors (Lipinski definition) is 5. The van der Waals surface area contributed by atoms with Crippen LogP contribution in [0.3, 0.4) is 0 Å². The van der Waals surface area contributed by atoms with Crippen LogP contribution in [0.2, 0.25) is 0 Å². The molecule has 5 aromatic rings. The molecule has 2 heterocycles. The zero-order valence-electron chi connectivity index (χ0n) is 17.8. The van der Waals surface area contributed by atoms with Gasteiger partial charge in [0.2, 0.25) is 5.95 Å². The molecule has 0 aliphatic carbocycles. The van der Waals surface area contributed by atoms with E-state index in [1.165, 1.54) is 25.3 Å². The molecule has 0 radical (unpaired) electrons. The number of imidazole rings is 1. The van der Waals surface area contributed by atoms with Crippen LogP contribution < -0.4 is 10.9 Å². The van der Waals surface area contributed by atoms with Crippen LogP contribution in [0.15, 0.2) is 59.4 Å². The Hall–Kier alpha value is -4.60. The van der Waals surface area contributed by atoms with Gasteiger partial charge >= 0.3 is 6.09 Å². The Labute approximate surface area is 190 Å². The minimum Gasteiger partial charge on any atom is -0.453 e. The van der Waals surface area contributed by atoms with E-state index in [1.54, 1.807) is 36.4 Å². The molecule has 0 aliphatic rings. The summed E-state index contributed by atoms with van der Waals surface area (Å²) in [5.41, 5.74) is 2.69. The number of halogens is 2. The van der Waals surface area contributed by atoms with Crippen molar-refractivity contribution >= 4 is 33.8 Å². The van der Waals surface area contributed by atoms with Gasteiger partial charge in [0.15, 0.2) is 0 Å². The van der Waals surface area contributed by atoms with E-state index in [9.17, 15) is 18.4 Å². The summed E-state index contributed by atoms with van der Waals surface area (Å²) in [5, 5.41) is 9.21. The van der Waals surface area contributed by atoms with Crippen molar-refractivity contribution < 1.29 is 18.3 Å². The van der Waals surface area contributed by atoms with Gasteiger partial charge in [0.1, 0.15) is 11.6 Å². The van der Waals surface area contributed by atoms with Gasteiger partial charge < -0.3 is 9.72 Å². The highest BCUT2D eigenvalue weighted by Crippen LogP contribution is 2.29. The molecule has 0 unspecified atom stereocenters. The summed E-state index contributed by atoms with van der Waals surface area (Å²) in [4.78, 5) is 30.6. The molecule has 10 heteroatoms. The number of carbonyl (C=O) groups excluding carboxylic acids is 1. The molecule has 0 saturated heterocycles. The first-order valence-electron chi connectivity index (χ1n) is 10.2. The summed E-state index contributed by atoms with van der Waals surface area (Å²) >= 11 is 0. The summed E-state index contributed by atoms with van der Waals surface area (Å²) in [6, 6.07) is 14.1. The lowest BCUT2D eigenvalue weighted by Gasteiger charge is -2.09. The molecule has 0 fully saturated rings. The quantitative estimate of drug-likeness (QED) is 0.364. The van der Waals surface area contributed by atoms with Gasteiger partial charge in [-0.1, -0.05) is 24.3 Å². The molecule has 1 amide bonds. The van der Waals surface area contributed by atoms with Crippen molar-refractivity contribution in [2.24, 2.45) is 0 Å². The van der Waals surface area contributed by atoms with Crippen molar-refractivity contribution in [3.8, 4) is 11.1 Å². The van der Waals surface area contributed by atoms with E-state index in [2.05, 4.69) is 30.2 Å². The van der Waals surface area contributed by atoms with Gasteiger partial charge in [0.25, 0.3) is 5.56 Å². The third-order valence-corrected chi connectivity index (χ3v) is 5.45. The SMILES string of the molecule is COC(=O)Nc1nc2ccc(-c3cc(Cc4n[nH]c(=O)c5c(F)cccc45)ccc3F)cc2[nH]1. The minimum atomic E-state index is -0.665. The second-order valence-corrected chi connectivity index (χ2v) is 7.59. The Bertz CT molecular complexity index is 1630. The molecule has 3 aromatic carbocycles. The molecule has 34 heavy (non-hydrogen) atoms. The number of nitrogens with one attached hydrogen (secondary N) is 3. The number of benzene rings is 3. The number of methoxy groups -OCH3 is 1. The normalized spacial score (nSPS) is 11.1. The predicted octanol–water partition coefficient (Wildman–Crippen LogP) is 4.51. The highest BCUT2D eigenvalue weighted by molar-refractivity contribution is 5.88. The second kappa shape index (κ2) is 8.39. The number of ether oxygens (including phenoxy) is 1. The molecule has 0 bridgehead atoms. The molecule has 0 atom stereocenters. The van der Waals surface area contributed by atoms with Crippen LogP contribution in [0.5, 0.6) is 0 Å². The third kappa shape index (κ3) is 3.85. The maximum Gasteiger partial charge on any atom is 0.413 e. The third-order valence-electron chi connectivity index (χ3n) is 5.45. The van der Waals surface area contributed by atoms with E-state index in [-0.39, 0.29) is 17.8 Å². The molecule has 5 rings (SSSR count). The summed E-state index contributed by atoms with van der Waals surface area (Å²) < 4.78 is 33.5. The van der Waals surface area contributed by atoms with E-state index in [4.69, 9.17) is 0 Å². The number of fused-ring (bicyclic) bond motifs is 2. The van der Waals surface area contributed by atoms with E-state index in [1.807, 2.05) is 0 Å². The zero-order valence-corrected chi connectivity index (χ0v) is 17.8. The molecule has 2 aromatic heterocycles. The number of carbonyl (C=O) groups is 1. The Kier molecular flexibility index (Phi) is 5.25. The lowest BCUT2D eigenvalue weighted by atomic mass is 9.98. The number of hydrogen-bond donors (Lipinski definition) is 3. The predicted molar refractivity (Wildman–Crippen MR) is 123 cm³/mol. The molecule has 170 valence electrons. The fourth-order valence-corrected chi connectivity index (χ4v) is 3.85. The maximum absolute atomic E-state index is 14.8. The molecule has 0 spiro atoms. The lowest BCUT2D eigenvalue weighted by molar-refractivity contribution is 0.186. The first kappa shape index (κ1) is 21.3. The Morgan fingerprint density at radius 3 is 2.76 bits per heavy atom. The minimum absolute atomic E-state index is 0.0594. The number of nitrogens with zero attached hydrogens (tertiary/aromatic N) is 2. The van der Waals surface area contributed by atoms with Gasteiger partial charge in [-0.2, -0.15) is 5.10 Å². The highest BCUT2D eigenvalue weighted by atomic mass is 19.1. The molecular weight excluding hydrogens is 444 g/mol. The standard InChI is InChI=1S/C24H17F2N5O3/c1-34-24(33)29-23-27-18-8-6-13(11-20(18)28-23)15-9-12(5-7-16(15)25)10-19-14-3-2-4-17(26)21(14)22(32)31-30-19/h2-9,11H,10H2,1H3,(H,31,32)(H2,27,28,29,33). The van der Waals surface area contributed by atoms with Crippen molar-refractivity contribution in [2.45, 2.75) is 6.42 Å². The Morgan fingerprint density at radius 1 is 1.09 bits per heavy atom. The number of amides is 1. The molecular formula is C24H17F2N5O3. The highest BCUT2D eigenvalue weighted by Gasteiger charge is 2.14. The van der Waals surface area contributed by atoms with E-state index >= 15 is 0 Å². The molecule has 8 nitrogen and oxygen atoms in total. The van der Waals surface area contributed by atoms with Crippen molar-refractivity contribution in [1.29, 1.82) is 0 Å². The van der Waals surface area contributed by atoms with Crippen LogP contribution in [-0.2, 0) is 11.2 Å². The van der Waals surface area contributed by atoms with E-state index < -0.39 is 23.3 Å². The first-order chi connectivity index (χ1) is 16.4. The summed E-state index contributed by atoms with van der Waals surface area (Å²) in [7, 11) is 1.24. The summed E-state index contributed by atoms with van der Waals surface area (Å²) in [6.07, 6.45) is -0.412. The Morgan fingerprint density at radius 2 is 1.94 bits per heavy atom. The van der Waals surface area contributed by atoms with Crippen LogP contribution >= 0.6 is 0 Å². The summed E-state index contributed by atoms with van der Waals surface area (Å²) in [5.74, 6) is -0.853. The van der Waals surface area contributed by atoms with E-state index in [0.29, 0.717) is 33.2 Å². The topological polar surface area (TPSA) is 113 Å². The average Bonchev–Trinajstić information content (AvgIpc) is 3.23. The van der Waals surface area contributed by atoms with Crippen LogP contribution in [-0.4, -0.2) is 33.4 Å². The lowest BCUT2D eigenvalue weighted by Crippen LogP contribution is -2.12. The zero-order chi connectivity index (χ0) is 23.8. The van der Waals surface area contributed by atoms with Crippen LogP contribution in [0, 0.1) is 11.6 Å². The number of anilines is 1. The van der Waals surface area contributed by atoms with Crippen LogP contribution in [0.1, 0.15) is 11.3 Å². The van der Waals surface area contributed by atoms with E-state index in [0.717, 1.165) is 5.56 Å². The monoisotopic (exact) mass is 461 g/mol. The summed E-state index contributed by atoms with van der Waals surface area (Å²) in [6.45, 7) is 0. The fraction of sp³-hybridized carbons (Fsp3) is 0.0833. The van der Waals surface area contributed by atoms with Gasteiger partial charge in [-0.3, -0.25) is 10.1 Å². The van der Waals surface area contributed by atoms with Crippen LogP contribution in [0.4, 0.5) is 19.5 Å². The molecule has 0 saturated carbocycles. The number of aromatic nitrogens is 4. The smallest absolute Gasteiger partial charge is 0.413 e. The number of rotatable bonds is 4. The largest absolute Gasteiger partial charge is 0.453 e. The van der Waals surface area contributed by atoms with Crippen molar-refractivity contribution in [2.75, 3.05) is 12.4 Å². The average molecular weight is 461 g/mol. The fourth-order valence-electron chi connectivity index (χ4n) is 3.85. The molecule has 3 N–H and O–H groups in total. The van der Waals surface area contributed by atoms with Gasteiger partial charge in [0.05, 0.1) is 29.2 Å². The first-order valence-corrected chi connectivity index (χ1v) is 10.2. The van der Waals surface area contributed by atoms with Crippen LogP contribution in [0.25, 0.3) is 32.9 Å². The van der Waals surface area contributed by atoms with Gasteiger partial charge in [-0.25, -0.2) is 23.7 Å². The van der Waals surface area contributed by atoms with Gasteiger partial charge in [-0.05, 0) is 41.5 Å². The van der Waals surface area contributed by atoms with Crippen molar-refractivity contribution in [3.63, 3.8) is 0 Å². The second-order valence-electron chi connectivity index (χ2n) is 7.59. The molecule has 0 aliphatic heterocycles.